The first-order valence-corrected chi connectivity index (χ1v) is 22.9. The van der Waals surface area contributed by atoms with Crippen LogP contribution in [-0.2, 0) is 36.0 Å². The largest absolute Gasteiger partial charge is 0.616 e. The van der Waals surface area contributed by atoms with E-state index in [1.807, 2.05) is 30.3 Å². The van der Waals surface area contributed by atoms with Crippen molar-refractivity contribution in [3.8, 4) is 0 Å². The third-order valence-electron chi connectivity index (χ3n) is 12.1. The van der Waals surface area contributed by atoms with E-state index in [0.717, 1.165) is 42.9 Å². The Bertz CT molecular complexity index is 2040. The van der Waals surface area contributed by atoms with Gasteiger partial charge in [0.25, 0.3) is 11.8 Å². The third-order valence-corrected chi connectivity index (χ3v) is 13.5. The molecule has 3 aromatic rings. The molecule has 1 aliphatic carbocycles. The number of urea groups is 1. The van der Waals surface area contributed by atoms with Gasteiger partial charge in [0.2, 0.25) is 17.6 Å². The van der Waals surface area contributed by atoms with E-state index >= 15 is 0 Å². The Morgan fingerprint density at radius 3 is 2.38 bits per heavy atom. The van der Waals surface area contributed by atoms with Crippen LogP contribution >= 0.6 is 0 Å². The number of aliphatic hydroxyl groups is 1. The monoisotopic (exact) mass is 861 g/mol. The number of benzene rings is 2. The summed E-state index contributed by atoms with van der Waals surface area (Å²) in [5.74, 6) is -2.56. The molecule has 2 aliphatic heterocycles. The predicted octanol–water partition coefficient (Wildman–Crippen LogP) is 2.49. The molecule has 3 fully saturated rings. The first kappa shape index (κ1) is 45.5. The number of nitrogens with zero attached hydrogens (tertiary/aromatic N) is 4. The van der Waals surface area contributed by atoms with Crippen molar-refractivity contribution in [3.05, 3.63) is 59.9 Å². The van der Waals surface area contributed by atoms with Crippen molar-refractivity contribution in [2.24, 2.45) is 11.7 Å². The molecule has 0 radical (unpaired) electrons. The minimum atomic E-state index is -1.36. The van der Waals surface area contributed by atoms with Crippen LogP contribution in [0, 0.1) is 5.92 Å². The van der Waals surface area contributed by atoms with Gasteiger partial charge in [0, 0.05) is 44.0 Å². The molecule has 61 heavy (non-hydrogen) atoms. The number of carbonyl (C=O) groups excluding carboxylic acids is 6. The number of rotatable bonds is 17. The average Bonchev–Trinajstić information content (AvgIpc) is 3.92. The summed E-state index contributed by atoms with van der Waals surface area (Å²) in [6, 6.07) is 8.53. The number of nitrogens with one attached hydrogen (secondary N) is 4. The molecular formula is C43H59N9O8S. The summed E-state index contributed by atoms with van der Waals surface area (Å²) in [5.41, 5.74) is 4.83. The van der Waals surface area contributed by atoms with Crippen LogP contribution in [0.15, 0.2) is 48.7 Å². The van der Waals surface area contributed by atoms with Gasteiger partial charge in [-0.05, 0) is 68.4 Å². The van der Waals surface area contributed by atoms with Crippen molar-refractivity contribution in [3.63, 3.8) is 0 Å². The predicted molar refractivity (Wildman–Crippen MR) is 228 cm³/mol. The van der Waals surface area contributed by atoms with Gasteiger partial charge in [-0.1, -0.05) is 78.8 Å². The van der Waals surface area contributed by atoms with Gasteiger partial charge in [-0.2, -0.15) is 0 Å². The number of fused-ring (bicyclic) bond motifs is 1. The molecule has 3 aliphatic rings. The standard InChI is InChI=1S/C43H59N9O8S/c1-43(2,59)36-25-46-50-52(36)32-24-35(40(56)48-33(37(53)38(44)54)14-8-9-19-45-42(58)47-31-17-20-61(60)21-18-31)51(26-32)41(57)34(22-27-10-4-3-5-11-27)49-39(55)30-16-15-28-12-6-7-13-29(28)23-30/h6-7,12-13,15-16,23,25,27,31-35,59H,3-5,8-11,14,17-22,24,26H2,1-2H3,(H2,44,54)(H,48,56)(H,49,55)(H2,45,47,58)/t31?,32-,33?,34+,35-,61?/m0/s1. The maximum Gasteiger partial charge on any atom is 0.315 e. The lowest BCUT2D eigenvalue weighted by atomic mass is 9.84. The molecule has 1 aromatic heterocycles. The zero-order valence-electron chi connectivity index (χ0n) is 35.0. The highest BCUT2D eigenvalue weighted by Gasteiger charge is 2.45. The van der Waals surface area contributed by atoms with Gasteiger partial charge in [0.05, 0.1) is 24.0 Å². The molecule has 4 atom stereocenters. The Balaban J connectivity index is 1.19. The Labute approximate surface area is 358 Å². The first-order chi connectivity index (χ1) is 29.2. The summed E-state index contributed by atoms with van der Waals surface area (Å²) in [6.07, 6.45) is 8.81. The number of hydrogen-bond donors (Lipinski definition) is 6. The van der Waals surface area contributed by atoms with E-state index in [4.69, 9.17) is 5.73 Å². The fourth-order valence-electron chi connectivity index (χ4n) is 8.74. The van der Waals surface area contributed by atoms with Crippen molar-refractivity contribution >= 4 is 57.4 Å². The number of nitrogens with two attached hydrogens (primary N) is 1. The van der Waals surface area contributed by atoms with Gasteiger partial charge in [0.15, 0.2) is 0 Å². The summed E-state index contributed by atoms with van der Waals surface area (Å²) >= 11 is -0.848. The molecule has 330 valence electrons. The molecule has 0 bridgehead atoms. The molecule has 2 saturated heterocycles. The van der Waals surface area contributed by atoms with Crippen LogP contribution in [0.3, 0.4) is 0 Å². The third kappa shape index (κ3) is 12.1. The second kappa shape index (κ2) is 20.7. The van der Waals surface area contributed by atoms with Gasteiger partial charge in [0.1, 0.15) is 29.2 Å². The molecular weight excluding hydrogens is 803 g/mol. The number of Topliss-reactive ketones (excluding diaryl/α,β-unsaturated/α-hetero) is 1. The van der Waals surface area contributed by atoms with Gasteiger partial charge in [-0.25, -0.2) is 9.48 Å². The molecule has 18 heteroatoms. The highest BCUT2D eigenvalue weighted by atomic mass is 32.2. The van der Waals surface area contributed by atoms with E-state index in [0.29, 0.717) is 54.9 Å². The van der Waals surface area contributed by atoms with Crippen LogP contribution in [0.4, 0.5) is 4.79 Å². The highest BCUT2D eigenvalue weighted by molar-refractivity contribution is 7.91. The van der Waals surface area contributed by atoms with E-state index in [1.54, 1.807) is 26.0 Å². The Hall–Kier alpha value is -5.07. The zero-order valence-corrected chi connectivity index (χ0v) is 35.8. The van der Waals surface area contributed by atoms with E-state index in [1.165, 1.54) is 15.8 Å². The summed E-state index contributed by atoms with van der Waals surface area (Å²) in [6.45, 7) is 3.40. The summed E-state index contributed by atoms with van der Waals surface area (Å²) in [5, 5.41) is 32.4. The second-order valence-electron chi connectivity index (χ2n) is 17.2. The lowest BCUT2D eigenvalue weighted by Gasteiger charge is -2.32. The van der Waals surface area contributed by atoms with Crippen molar-refractivity contribution in [1.82, 2.24) is 41.2 Å². The number of hydrogen-bond acceptors (Lipinski definition) is 10. The average molecular weight is 862 g/mol. The lowest BCUT2D eigenvalue weighted by Crippen LogP contribution is -2.56. The van der Waals surface area contributed by atoms with Gasteiger partial charge in [-0.15, -0.1) is 5.10 Å². The topological polar surface area (TPSA) is 254 Å². The van der Waals surface area contributed by atoms with Crippen LogP contribution in [0.1, 0.15) is 113 Å². The number of primary amides is 1. The van der Waals surface area contributed by atoms with Crippen molar-refractivity contribution in [2.75, 3.05) is 24.6 Å². The molecule has 2 aromatic carbocycles. The van der Waals surface area contributed by atoms with Crippen molar-refractivity contribution < 1.29 is 38.4 Å². The molecule has 6 amide bonds. The number of aromatic nitrogens is 3. The Morgan fingerprint density at radius 1 is 0.951 bits per heavy atom. The van der Waals surface area contributed by atoms with Crippen LogP contribution in [0.5, 0.6) is 0 Å². The smallest absolute Gasteiger partial charge is 0.315 e. The normalized spacial score (nSPS) is 21.9. The van der Waals surface area contributed by atoms with E-state index < -0.39 is 70.4 Å². The number of ketones is 1. The minimum absolute atomic E-state index is 0.0166. The molecule has 0 spiro atoms. The molecule has 1 saturated carbocycles. The number of amides is 6. The summed E-state index contributed by atoms with van der Waals surface area (Å²) < 4.78 is 13.1. The summed E-state index contributed by atoms with van der Waals surface area (Å²) in [7, 11) is 0. The number of carbonyl (C=O) groups is 6. The van der Waals surface area contributed by atoms with Crippen molar-refractivity contribution in [2.45, 2.75) is 127 Å². The fraction of sp³-hybridized carbons (Fsp3) is 0.581. The maximum absolute atomic E-state index is 14.9. The minimum Gasteiger partial charge on any atom is -0.616 e. The Kier molecular flexibility index (Phi) is 15.4. The fourth-order valence-corrected chi connectivity index (χ4v) is 10.0. The van der Waals surface area contributed by atoms with Gasteiger partial charge >= 0.3 is 6.03 Å². The number of likely N-dealkylation sites (tertiary alicyclic amines) is 1. The van der Waals surface area contributed by atoms with E-state index in [2.05, 4.69) is 31.6 Å². The molecule has 7 N–H and O–H groups in total. The molecule has 6 rings (SSSR count). The van der Waals surface area contributed by atoms with E-state index in [-0.39, 0.29) is 43.9 Å². The molecule has 1 unspecified atom stereocenters. The highest BCUT2D eigenvalue weighted by Crippen LogP contribution is 2.34. The van der Waals surface area contributed by atoms with Crippen LogP contribution in [0.25, 0.3) is 10.8 Å². The second-order valence-corrected chi connectivity index (χ2v) is 18.9. The van der Waals surface area contributed by atoms with Crippen LogP contribution < -0.4 is 27.0 Å². The first-order valence-electron chi connectivity index (χ1n) is 21.4. The quantitative estimate of drug-likeness (QED) is 0.0657. The van der Waals surface area contributed by atoms with Crippen molar-refractivity contribution in [1.29, 1.82) is 0 Å². The van der Waals surface area contributed by atoms with Crippen LogP contribution in [0.2, 0.25) is 0 Å². The number of unbranched alkanes of at least 4 members (excludes halogenated alkanes) is 1. The zero-order chi connectivity index (χ0) is 43.7. The Morgan fingerprint density at radius 2 is 1.67 bits per heavy atom. The molecule has 17 nitrogen and oxygen atoms in total. The van der Waals surface area contributed by atoms with Gasteiger partial charge < -0.3 is 41.6 Å². The maximum atomic E-state index is 14.9. The van der Waals surface area contributed by atoms with Gasteiger partial charge in [-0.3, -0.25) is 24.0 Å². The van der Waals surface area contributed by atoms with E-state index in [9.17, 15) is 38.4 Å². The SMILES string of the molecule is CC(C)(O)c1cnnn1[C@H]1C[C@@H](C(=O)NC(CCCCNC(=O)NC2CC[S+]([O-])CC2)C(=O)C(N)=O)N(C(=O)[C@@H](CC2CCCCC2)NC(=O)c2ccc3ccccc3c2)C1. The lowest BCUT2D eigenvalue weighted by molar-refractivity contribution is -0.142. The molecule has 3 heterocycles. The summed E-state index contributed by atoms with van der Waals surface area (Å²) in [4.78, 5) is 82.4. The van der Waals surface area contributed by atoms with Crippen LogP contribution in [-0.4, -0.2) is 114 Å².